The van der Waals surface area contributed by atoms with Gasteiger partial charge in [0.1, 0.15) is 5.75 Å². The number of halogens is 3. The molecule has 0 spiro atoms. The highest BCUT2D eigenvalue weighted by Crippen LogP contribution is 2.31. The van der Waals surface area contributed by atoms with E-state index in [-0.39, 0.29) is 17.7 Å². The van der Waals surface area contributed by atoms with Gasteiger partial charge in [-0.1, -0.05) is 19.1 Å². The van der Waals surface area contributed by atoms with E-state index in [2.05, 4.69) is 9.64 Å². The molecule has 0 bridgehead atoms. The molecule has 0 saturated carbocycles. The van der Waals surface area contributed by atoms with Gasteiger partial charge >= 0.3 is 12.3 Å². The van der Waals surface area contributed by atoms with Gasteiger partial charge in [0.25, 0.3) is 0 Å². The molecule has 23 heavy (non-hydrogen) atoms. The van der Waals surface area contributed by atoms with E-state index in [1.165, 1.54) is 12.1 Å². The zero-order valence-corrected chi connectivity index (χ0v) is 13.0. The third-order valence-corrected chi connectivity index (χ3v) is 4.18. The van der Waals surface area contributed by atoms with Crippen LogP contribution in [0.1, 0.15) is 31.9 Å². The first-order valence-corrected chi connectivity index (χ1v) is 7.48. The third-order valence-electron chi connectivity index (χ3n) is 4.18. The Kier molecular flexibility index (Phi) is 5.19. The first-order chi connectivity index (χ1) is 10.7. The quantitative estimate of drug-likeness (QED) is 0.914. The van der Waals surface area contributed by atoms with E-state index in [9.17, 15) is 23.1 Å². The molecule has 1 fully saturated rings. The number of hydrogen-bond acceptors (Lipinski definition) is 3. The fourth-order valence-corrected chi connectivity index (χ4v) is 3.05. The predicted octanol–water partition coefficient (Wildman–Crippen LogP) is 3.69. The summed E-state index contributed by atoms with van der Waals surface area (Å²) in [6.07, 6.45) is -4.05. The lowest BCUT2D eigenvalue weighted by Gasteiger charge is -2.38. The van der Waals surface area contributed by atoms with Gasteiger partial charge in [-0.25, -0.2) is 0 Å². The second kappa shape index (κ2) is 6.78. The Morgan fingerprint density at radius 3 is 2.43 bits per heavy atom. The minimum atomic E-state index is -4.70. The Hall–Kier alpha value is -1.76. The molecule has 0 radical (unpaired) electrons. The number of ether oxygens (including phenoxy) is 1. The van der Waals surface area contributed by atoms with E-state index < -0.39 is 18.2 Å². The van der Waals surface area contributed by atoms with Gasteiger partial charge in [0.2, 0.25) is 0 Å². The van der Waals surface area contributed by atoms with E-state index in [0.717, 1.165) is 12.1 Å². The SMILES string of the molecule is CC1CC(C(=O)O)CN(C(C)c2ccc(OC(F)(F)F)cc2)C1. The average Bonchev–Trinajstić information content (AvgIpc) is 2.45. The van der Waals surface area contributed by atoms with Crippen LogP contribution in [0.25, 0.3) is 0 Å². The summed E-state index contributed by atoms with van der Waals surface area (Å²) in [5.74, 6) is -1.21. The van der Waals surface area contributed by atoms with Crippen LogP contribution in [0.4, 0.5) is 13.2 Å². The molecule has 1 heterocycles. The second-order valence-corrected chi connectivity index (χ2v) is 6.12. The molecule has 4 nitrogen and oxygen atoms in total. The fourth-order valence-electron chi connectivity index (χ4n) is 3.05. The Morgan fingerprint density at radius 2 is 1.91 bits per heavy atom. The minimum Gasteiger partial charge on any atom is -0.481 e. The van der Waals surface area contributed by atoms with Gasteiger partial charge in [-0.05, 0) is 37.0 Å². The molecule has 1 aromatic carbocycles. The molecule has 3 unspecified atom stereocenters. The second-order valence-electron chi connectivity index (χ2n) is 6.12. The van der Waals surface area contributed by atoms with Crippen molar-refractivity contribution in [3.63, 3.8) is 0 Å². The summed E-state index contributed by atoms with van der Waals surface area (Å²) in [5, 5.41) is 9.22. The Bertz CT molecular complexity index is 544. The smallest absolute Gasteiger partial charge is 0.481 e. The maximum Gasteiger partial charge on any atom is 0.573 e. The topological polar surface area (TPSA) is 49.8 Å². The summed E-state index contributed by atoms with van der Waals surface area (Å²) in [4.78, 5) is 13.3. The lowest BCUT2D eigenvalue weighted by Crippen LogP contribution is -2.43. The standard InChI is InChI=1S/C16H20F3NO3/c1-10-7-13(15(21)22)9-20(8-10)11(2)12-3-5-14(6-4-12)23-16(17,18)19/h3-6,10-11,13H,7-9H2,1-2H3,(H,21,22). The number of carboxylic acid groups (broad SMARTS) is 1. The number of hydrogen-bond donors (Lipinski definition) is 1. The molecule has 1 aliphatic heterocycles. The number of carbonyl (C=O) groups is 1. The van der Waals surface area contributed by atoms with Crippen molar-refractivity contribution in [1.82, 2.24) is 4.90 Å². The van der Waals surface area contributed by atoms with Gasteiger partial charge in [-0.15, -0.1) is 13.2 Å². The van der Waals surface area contributed by atoms with Crippen molar-refractivity contribution in [2.24, 2.45) is 11.8 Å². The van der Waals surface area contributed by atoms with E-state index >= 15 is 0 Å². The molecule has 2 rings (SSSR count). The largest absolute Gasteiger partial charge is 0.573 e. The fraction of sp³-hybridized carbons (Fsp3) is 0.562. The summed E-state index contributed by atoms with van der Waals surface area (Å²) >= 11 is 0. The summed E-state index contributed by atoms with van der Waals surface area (Å²) in [6, 6.07) is 5.66. The molecule has 0 aliphatic carbocycles. The van der Waals surface area contributed by atoms with Crippen LogP contribution < -0.4 is 4.74 Å². The minimum absolute atomic E-state index is 0.0699. The van der Waals surface area contributed by atoms with Crippen molar-refractivity contribution >= 4 is 5.97 Å². The summed E-state index contributed by atoms with van der Waals surface area (Å²) < 4.78 is 40.4. The van der Waals surface area contributed by atoms with Crippen LogP contribution in [0.15, 0.2) is 24.3 Å². The number of likely N-dealkylation sites (tertiary alicyclic amines) is 1. The van der Waals surface area contributed by atoms with Crippen molar-refractivity contribution < 1.29 is 27.8 Å². The van der Waals surface area contributed by atoms with Crippen LogP contribution >= 0.6 is 0 Å². The average molecular weight is 331 g/mol. The molecule has 1 aromatic rings. The Labute approximate surface area is 132 Å². The number of piperidine rings is 1. The predicted molar refractivity (Wildman–Crippen MR) is 78.0 cm³/mol. The van der Waals surface area contributed by atoms with Crippen LogP contribution in [-0.2, 0) is 4.79 Å². The number of benzene rings is 1. The van der Waals surface area contributed by atoms with Crippen LogP contribution in [0.2, 0.25) is 0 Å². The first kappa shape index (κ1) is 17.6. The molecule has 3 atom stereocenters. The number of rotatable bonds is 4. The van der Waals surface area contributed by atoms with Crippen LogP contribution in [0.5, 0.6) is 5.75 Å². The molecule has 0 aromatic heterocycles. The van der Waals surface area contributed by atoms with Gasteiger partial charge in [-0.3, -0.25) is 9.69 Å². The van der Waals surface area contributed by atoms with E-state index in [4.69, 9.17) is 0 Å². The molecule has 1 N–H and O–H groups in total. The van der Waals surface area contributed by atoms with Gasteiger partial charge in [0.05, 0.1) is 5.92 Å². The van der Waals surface area contributed by atoms with Gasteiger partial charge < -0.3 is 9.84 Å². The number of alkyl halides is 3. The Morgan fingerprint density at radius 1 is 1.30 bits per heavy atom. The summed E-state index contributed by atoms with van der Waals surface area (Å²) in [5.41, 5.74) is 0.831. The summed E-state index contributed by atoms with van der Waals surface area (Å²) in [7, 11) is 0. The zero-order chi connectivity index (χ0) is 17.2. The van der Waals surface area contributed by atoms with Crippen molar-refractivity contribution in [2.45, 2.75) is 32.7 Å². The Balaban J connectivity index is 2.07. The molecule has 1 saturated heterocycles. The lowest BCUT2D eigenvalue weighted by atomic mass is 9.89. The van der Waals surface area contributed by atoms with E-state index in [1.54, 1.807) is 12.1 Å². The normalized spacial score (nSPS) is 24.2. The number of nitrogens with zero attached hydrogens (tertiary/aromatic N) is 1. The van der Waals surface area contributed by atoms with E-state index in [0.29, 0.717) is 13.0 Å². The monoisotopic (exact) mass is 331 g/mol. The van der Waals surface area contributed by atoms with Crippen molar-refractivity contribution in [1.29, 1.82) is 0 Å². The van der Waals surface area contributed by atoms with Gasteiger partial charge in [0.15, 0.2) is 0 Å². The first-order valence-electron chi connectivity index (χ1n) is 7.48. The highest BCUT2D eigenvalue weighted by Gasteiger charge is 2.33. The van der Waals surface area contributed by atoms with Crippen LogP contribution in [-0.4, -0.2) is 35.4 Å². The third kappa shape index (κ3) is 4.86. The number of aliphatic carboxylic acids is 1. The van der Waals surface area contributed by atoms with Crippen molar-refractivity contribution in [3.05, 3.63) is 29.8 Å². The molecular formula is C16H20F3NO3. The molecule has 0 amide bonds. The molecule has 7 heteroatoms. The van der Waals surface area contributed by atoms with Gasteiger partial charge in [0, 0.05) is 19.1 Å². The van der Waals surface area contributed by atoms with E-state index in [1.807, 2.05) is 13.8 Å². The maximum atomic E-state index is 12.2. The van der Waals surface area contributed by atoms with Crippen molar-refractivity contribution in [2.75, 3.05) is 13.1 Å². The molecule has 1 aliphatic rings. The van der Waals surface area contributed by atoms with Crippen molar-refractivity contribution in [3.8, 4) is 5.75 Å². The number of carboxylic acids is 1. The van der Waals surface area contributed by atoms with Crippen LogP contribution in [0.3, 0.4) is 0 Å². The lowest BCUT2D eigenvalue weighted by molar-refractivity contribution is -0.274. The summed E-state index contributed by atoms with van der Waals surface area (Å²) in [6.45, 7) is 5.15. The highest BCUT2D eigenvalue weighted by molar-refractivity contribution is 5.70. The maximum absolute atomic E-state index is 12.2. The highest BCUT2D eigenvalue weighted by atomic mass is 19.4. The molecular weight excluding hydrogens is 311 g/mol. The van der Waals surface area contributed by atoms with Crippen LogP contribution in [0, 0.1) is 11.8 Å². The zero-order valence-electron chi connectivity index (χ0n) is 13.0. The van der Waals surface area contributed by atoms with Gasteiger partial charge in [-0.2, -0.15) is 0 Å². The molecule has 128 valence electrons.